The number of hydrogen-bond acceptors (Lipinski definition) is 5. The summed E-state index contributed by atoms with van der Waals surface area (Å²) in [5.41, 5.74) is 12.3. The maximum Gasteiger partial charge on any atom is 0.239 e. The van der Waals surface area contributed by atoms with Crippen LogP contribution in [0.15, 0.2) is 24.3 Å². The van der Waals surface area contributed by atoms with Crippen LogP contribution in [0.4, 0.5) is 5.95 Å². The van der Waals surface area contributed by atoms with Gasteiger partial charge in [-0.15, -0.1) is 5.10 Å². The minimum absolute atomic E-state index is 0.188. The number of ether oxygens (including phenoxy) is 1. The highest BCUT2D eigenvalue weighted by molar-refractivity contribution is 5.33. The molecule has 0 amide bonds. The number of nitrogens with two attached hydrogens (primary N) is 2. The van der Waals surface area contributed by atoms with E-state index in [1.807, 2.05) is 24.3 Å². The van der Waals surface area contributed by atoms with Crippen LogP contribution in [0.3, 0.4) is 0 Å². The van der Waals surface area contributed by atoms with E-state index in [4.69, 9.17) is 16.2 Å². The fourth-order valence-corrected chi connectivity index (χ4v) is 1.42. The van der Waals surface area contributed by atoms with Crippen molar-refractivity contribution in [3.63, 3.8) is 0 Å². The van der Waals surface area contributed by atoms with Crippen LogP contribution in [-0.2, 0) is 0 Å². The van der Waals surface area contributed by atoms with E-state index in [-0.39, 0.29) is 12.0 Å². The van der Waals surface area contributed by atoms with Gasteiger partial charge in [0.15, 0.2) is 0 Å². The van der Waals surface area contributed by atoms with Crippen molar-refractivity contribution >= 4 is 5.95 Å². The third kappa shape index (κ3) is 1.96. The number of nitrogens with zero attached hydrogens (tertiary/aromatic N) is 2. The molecule has 6 nitrogen and oxygen atoms in total. The van der Waals surface area contributed by atoms with Crippen LogP contribution < -0.4 is 16.2 Å². The molecule has 1 aromatic heterocycles. The highest BCUT2D eigenvalue weighted by Gasteiger charge is 2.13. The largest absolute Gasteiger partial charge is 0.497 e. The van der Waals surface area contributed by atoms with Crippen molar-refractivity contribution in [2.24, 2.45) is 5.73 Å². The van der Waals surface area contributed by atoms with Gasteiger partial charge in [-0.05, 0) is 17.7 Å². The topological polar surface area (TPSA) is 103 Å². The van der Waals surface area contributed by atoms with Crippen molar-refractivity contribution < 1.29 is 4.74 Å². The van der Waals surface area contributed by atoms with Gasteiger partial charge in [-0.1, -0.05) is 12.1 Å². The zero-order chi connectivity index (χ0) is 11.5. The van der Waals surface area contributed by atoms with Crippen molar-refractivity contribution in [3.05, 3.63) is 35.7 Å². The maximum absolute atomic E-state index is 6.01. The number of nitrogens with one attached hydrogen (secondary N) is 1. The van der Waals surface area contributed by atoms with E-state index in [9.17, 15) is 0 Å². The van der Waals surface area contributed by atoms with Crippen LogP contribution in [0, 0.1) is 0 Å². The van der Waals surface area contributed by atoms with Crippen molar-refractivity contribution in [2.45, 2.75) is 6.04 Å². The molecular formula is C10H13N5O. The van der Waals surface area contributed by atoms with E-state index >= 15 is 0 Å². The average molecular weight is 219 g/mol. The van der Waals surface area contributed by atoms with E-state index in [0.717, 1.165) is 11.3 Å². The second-order valence-corrected chi connectivity index (χ2v) is 3.33. The molecule has 6 heteroatoms. The second-order valence-electron chi connectivity index (χ2n) is 3.33. The summed E-state index contributed by atoms with van der Waals surface area (Å²) in [5.74, 6) is 1.47. The quantitative estimate of drug-likeness (QED) is 0.695. The second kappa shape index (κ2) is 4.19. The first-order valence-electron chi connectivity index (χ1n) is 4.78. The SMILES string of the molecule is COc1cccc([C@@H](N)c2nc(N)n[nH]2)c1. The lowest BCUT2D eigenvalue weighted by atomic mass is 10.1. The molecule has 0 saturated heterocycles. The molecule has 1 atom stereocenters. The van der Waals surface area contributed by atoms with Gasteiger partial charge in [0.05, 0.1) is 13.2 Å². The molecule has 0 radical (unpaired) electrons. The highest BCUT2D eigenvalue weighted by atomic mass is 16.5. The number of rotatable bonds is 3. The van der Waals surface area contributed by atoms with Crippen LogP contribution in [0.5, 0.6) is 5.75 Å². The summed E-state index contributed by atoms with van der Waals surface area (Å²) >= 11 is 0. The summed E-state index contributed by atoms with van der Waals surface area (Å²) < 4.78 is 5.12. The number of benzene rings is 1. The third-order valence-corrected chi connectivity index (χ3v) is 2.27. The number of nitrogen functional groups attached to an aromatic ring is 1. The molecule has 2 rings (SSSR count). The van der Waals surface area contributed by atoms with Gasteiger partial charge in [-0.2, -0.15) is 4.98 Å². The van der Waals surface area contributed by atoms with Gasteiger partial charge in [0.25, 0.3) is 0 Å². The van der Waals surface area contributed by atoms with Crippen molar-refractivity contribution in [1.82, 2.24) is 15.2 Å². The lowest BCUT2D eigenvalue weighted by molar-refractivity contribution is 0.414. The van der Waals surface area contributed by atoms with Crippen LogP contribution >= 0.6 is 0 Å². The fraction of sp³-hybridized carbons (Fsp3) is 0.200. The molecule has 84 valence electrons. The van der Waals surface area contributed by atoms with Gasteiger partial charge in [0.1, 0.15) is 11.6 Å². The standard InChI is InChI=1S/C10H13N5O/c1-16-7-4-2-3-6(5-7)8(11)9-13-10(12)15-14-9/h2-5,8H,11H2,1H3,(H3,12,13,14,15)/t8-/m1/s1. The lowest BCUT2D eigenvalue weighted by Crippen LogP contribution is -2.13. The number of hydrogen-bond donors (Lipinski definition) is 3. The zero-order valence-corrected chi connectivity index (χ0v) is 8.84. The normalized spacial score (nSPS) is 12.4. The molecule has 0 saturated carbocycles. The van der Waals surface area contributed by atoms with E-state index in [1.165, 1.54) is 0 Å². The summed E-state index contributed by atoms with van der Waals surface area (Å²) in [6.07, 6.45) is 0. The van der Waals surface area contributed by atoms with Gasteiger partial charge < -0.3 is 16.2 Å². The van der Waals surface area contributed by atoms with E-state index in [2.05, 4.69) is 15.2 Å². The van der Waals surface area contributed by atoms with E-state index < -0.39 is 0 Å². The first-order valence-corrected chi connectivity index (χ1v) is 4.78. The molecule has 0 spiro atoms. The predicted octanol–water partition coefficient (Wildman–Crippen LogP) is 0.444. The first kappa shape index (κ1) is 10.4. The van der Waals surface area contributed by atoms with Gasteiger partial charge in [0.2, 0.25) is 5.95 Å². The van der Waals surface area contributed by atoms with Gasteiger partial charge in [0, 0.05) is 0 Å². The van der Waals surface area contributed by atoms with Crippen LogP contribution in [-0.4, -0.2) is 22.3 Å². The molecule has 0 fully saturated rings. The number of methoxy groups -OCH3 is 1. The first-order chi connectivity index (χ1) is 7.70. The zero-order valence-electron chi connectivity index (χ0n) is 8.84. The Labute approximate surface area is 92.6 Å². The third-order valence-electron chi connectivity index (χ3n) is 2.27. The van der Waals surface area contributed by atoms with Gasteiger partial charge >= 0.3 is 0 Å². The Bertz CT molecular complexity index is 482. The monoisotopic (exact) mass is 219 g/mol. The van der Waals surface area contributed by atoms with Crippen molar-refractivity contribution in [2.75, 3.05) is 12.8 Å². The Morgan fingerprint density at radius 3 is 2.88 bits per heavy atom. The number of aromatic nitrogens is 3. The summed E-state index contributed by atoms with van der Waals surface area (Å²) in [6.45, 7) is 0. The molecule has 5 N–H and O–H groups in total. The van der Waals surface area contributed by atoms with E-state index in [0.29, 0.717) is 5.82 Å². The van der Waals surface area contributed by atoms with Crippen molar-refractivity contribution in [3.8, 4) is 5.75 Å². The summed E-state index contributed by atoms with van der Waals surface area (Å²) in [5, 5.41) is 6.43. The van der Waals surface area contributed by atoms with Crippen molar-refractivity contribution in [1.29, 1.82) is 0 Å². The predicted molar refractivity (Wildman–Crippen MR) is 59.8 cm³/mol. The van der Waals surface area contributed by atoms with Crippen LogP contribution in [0.25, 0.3) is 0 Å². The van der Waals surface area contributed by atoms with Gasteiger partial charge in [-0.3, -0.25) is 5.10 Å². The minimum Gasteiger partial charge on any atom is -0.497 e. The average Bonchev–Trinajstić information content (AvgIpc) is 2.75. The lowest BCUT2D eigenvalue weighted by Gasteiger charge is -2.09. The molecule has 1 heterocycles. The van der Waals surface area contributed by atoms with Crippen LogP contribution in [0.1, 0.15) is 17.4 Å². The molecule has 0 aliphatic heterocycles. The fourth-order valence-electron chi connectivity index (χ4n) is 1.42. The molecule has 2 aromatic rings. The molecule has 0 unspecified atom stereocenters. The Balaban J connectivity index is 2.29. The number of anilines is 1. The Kier molecular flexibility index (Phi) is 2.74. The molecular weight excluding hydrogens is 206 g/mol. The Morgan fingerprint density at radius 2 is 2.25 bits per heavy atom. The molecule has 0 aliphatic rings. The summed E-state index contributed by atoms with van der Waals surface area (Å²) in [4.78, 5) is 3.99. The smallest absolute Gasteiger partial charge is 0.239 e. The molecule has 16 heavy (non-hydrogen) atoms. The molecule has 1 aromatic carbocycles. The minimum atomic E-state index is -0.389. The number of aromatic amines is 1. The highest BCUT2D eigenvalue weighted by Crippen LogP contribution is 2.20. The number of H-pyrrole nitrogens is 1. The molecule has 0 aliphatic carbocycles. The van der Waals surface area contributed by atoms with Crippen LogP contribution in [0.2, 0.25) is 0 Å². The Morgan fingerprint density at radius 1 is 1.44 bits per heavy atom. The van der Waals surface area contributed by atoms with Gasteiger partial charge in [-0.25, -0.2) is 0 Å². The summed E-state index contributed by atoms with van der Waals surface area (Å²) in [7, 11) is 1.61. The Hall–Kier alpha value is -2.08. The maximum atomic E-state index is 6.01. The summed E-state index contributed by atoms with van der Waals surface area (Å²) in [6, 6.07) is 7.08. The molecule has 0 bridgehead atoms. The van der Waals surface area contributed by atoms with E-state index in [1.54, 1.807) is 7.11 Å².